The minimum atomic E-state index is 0.354. The van der Waals surface area contributed by atoms with Crippen LogP contribution < -0.4 is 5.32 Å². The predicted molar refractivity (Wildman–Crippen MR) is 76.9 cm³/mol. The van der Waals surface area contributed by atoms with Crippen molar-refractivity contribution in [3.63, 3.8) is 0 Å². The molecule has 0 saturated carbocycles. The summed E-state index contributed by atoms with van der Waals surface area (Å²) in [6, 6.07) is 0.891. The molecular weight excluding hydrogens is 224 g/mol. The second-order valence-electron chi connectivity index (χ2n) is 5.34. The highest BCUT2D eigenvalue weighted by molar-refractivity contribution is 5.27. The molecule has 0 amide bonds. The molecule has 0 aliphatic heterocycles. The topological polar surface area (TPSA) is 33.1 Å². The minimum Gasteiger partial charge on any atom is -0.309 e. The highest BCUT2D eigenvalue weighted by Gasteiger charge is 2.17. The lowest BCUT2D eigenvalue weighted by Crippen LogP contribution is -2.36. The van der Waals surface area contributed by atoms with Crippen LogP contribution in [0.4, 0.5) is 0 Å². The van der Waals surface area contributed by atoms with Crippen molar-refractivity contribution < 1.29 is 0 Å². The molecule has 1 rings (SSSR count). The van der Waals surface area contributed by atoms with Crippen LogP contribution in [0.1, 0.15) is 43.8 Å². The molecule has 0 aliphatic carbocycles. The third kappa shape index (κ3) is 3.33. The number of nitrogens with one attached hydrogen (secondary N) is 1. The second kappa shape index (κ2) is 6.34. The first-order valence-corrected chi connectivity index (χ1v) is 6.82. The van der Waals surface area contributed by atoms with Crippen molar-refractivity contribution in [2.45, 2.75) is 53.2 Å². The molecule has 2 unspecified atom stereocenters. The van der Waals surface area contributed by atoms with E-state index in [0.29, 0.717) is 12.1 Å². The summed E-state index contributed by atoms with van der Waals surface area (Å²) in [6.45, 7) is 12.8. The van der Waals surface area contributed by atoms with Gasteiger partial charge < -0.3 is 10.2 Å². The standard InChI is InChI=1S/C14H28N4/c1-8-18-13(5)14(12(4)16-18)11(3)15-9-10(2)17(6)7/h10-11,15H,8-9H2,1-7H3. The molecule has 1 N–H and O–H groups in total. The molecule has 0 spiro atoms. The molecular formula is C14H28N4. The monoisotopic (exact) mass is 252 g/mol. The van der Waals surface area contributed by atoms with Gasteiger partial charge in [-0.15, -0.1) is 0 Å². The molecule has 1 aromatic heterocycles. The molecule has 0 radical (unpaired) electrons. The first-order valence-electron chi connectivity index (χ1n) is 6.82. The van der Waals surface area contributed by atoms with Crippen LogP contribution in [0.5, 0.6) is 0 Å². The van der Waals surface area contributed by atoms with Gasteiger partial charge in [0.1, 0.15) is 0 Å². The maximum atomic E-state index is 4.58. The van der Waals surface area contributed by atoms with Crippen LogP contribution in [0, 0.1) is 13.8 Å². The number of aromatic nitrogens is 2. The van der Waals surface area contributed by atoms with Gasteiger partial charge >= 0.3 is 0 Å². The van der Waals surface area contributed by atoms with Crippen molar-refractivity contribution >= 4 is 0 Å². The Hall–Kier alpha value is -0.870. The van der Waals surface area contributed by atoms with Crippen molar-refractivity contribution in [3.8, 4) is 0 Å². The summed E-state index contributed by atoms with van der Waals surface area (Å²) in [7, 11) is 4.23. The number of nitrogens with zero attached hydrogens (tertiary/aromatic N) is 3. The first kappa shape index (κ1) is 15.2. The highest BCUT2D eigenvalue weighted by Crippen LogP contribution is 2.21. The van der Waals surface area contributed by atoms with E-state index in [0.717, 1.165) is 18.8 Å². The van der Waals surface area contributed by atoms with Gasteiger partial charge in [-0.2, -0.15) is 5.10 Å². The van der Waals surface area contributed by atoms with Gasteiger partial charge in [0, 0.05) is 36.4 Å². The molecule has 1 aromatic rings. The van der Waals surface area contributed by atoms with Crippen molar-refractivity contribution in [2.75, 3.05) is 20.6 Å². The van der Waals surface area contributed by atoms with E-state index in [2.05, 4.69) is 68.7 Å². The fourth-order valence-electron chi connectivity index (χ4n) is 2.28. The van der Waals surface area contributed by atoms with Crippen molar-refractivity contribution in [2.24, 2.45) is 0 Å². The van der Waals surface area contributed by atoms with Crippen molar-refractivity contribution in [1.29, 1.82) is 0 Å². The summed E-state index contributed by atoms with van der Waals surface area (Å²) < 4.78 is 2.08. The summed E-state index contributed by atoms with van der Waals surface area (Å²) >= 11 is 0. The SMILES string of the molecule is CCn1nc(C)c(C(C)NCC(C)N(C)C)c1C. The van der Waals surface area contributed by atoms with Gasteiger partial charge in [-0.05, 0) is 48.7 Å². The van der Waals surface area contributed by atoms with E-state index >= 15 is 0 Å². The predicted octanol–water partition coefficient (Wildman–Crippen LogP) is 2.12. The zero-order chi connectivity index (χ0) is 13.9. The number of hydrogen-bond donors (Lipinski definition) is 1. The molecule has 2 atom stereocenters. The first-order chi connectivity index (χ1) is 8.38. The van der Waals surface area contributed by atoms with Crippen LogP contribution in [0.3, 0.4) is 0 Å². The van der Waals surface area contributed by atoms with E-state index in [1.54, 1.807) is 0 Å². The molecule has 0 fully saturated rings. The summed E-state index contributed by atoms with van der Waals surface area (Å²) in [5.74, 6) is 0. The number of rotatable bonds is 6. The maximum Gasteiger partial charge on any atom is 0.0644 e. The quantitative estimate of drug-likeness (QED) is 0.842. The van der Waals surface area contributed by atoms with Crippen LogP contribution in [0.25, 0.3) is 0 Å². The Morgan fingerprint density at radius 2 is 1.89 bits per heavy atom. The van der Waals surface area contributed by atoms with Crippen LogP contribution >= 0.6 is 0 Å². The molecule has 4 heteroatoms. The molecule has 0 aliphatic rings. The molecule has 0 saturated heterocycles. The average Bonchev–Trinajstić information content (AvgIpc) is 2.60. The van der Waals surface area contributed by atoms with E-state index in [1.807, 2.05) is 0 Å². The zero-order valence-corrected chi connectivity index (χ0v) is 12.9. The second-order valence-corrected chi connectivity index (χ2v) is 5.34. The van der Waals surface area contributed by atoms with Crippen LogP contribution in [-0.4, -0.2) is 41.4 Å². The Morgan fingerprint density at radius 3 is 2.33 bits per heavy atom. The van der Waals surface area contributed by atoms with Gasteiger partial charge in [0.2, 0.25) is 0 Å². The van der Waals surface area contributed by atoms with Gasteiger partial charge in [-0.3, -0.25) is 4.68 Å². The molecule has 0 aromatic carbocycles. The van der Waals surface area contributed by atoms with Crippen LogP contribution in [-0.2, 0) is 6.54 Å². The molecule has 1 heterocycles. The normalized spacial score (nSPS) is 15.1. The third-order valence-corrected chi connectivity index (χ3v) is 3.77. The molecule has 4 nitrogen and oxygen atoms in total. The Balaban J connectivity index is 2.72. The minimum absolute atomic E-state index is 0.354. The fraction of sp³-hybridized carbons (Fsp3) is 0.786. The Bertz CT molecular complexity index is 381. The number of hydrogen-bond acceptors (Lipinski definition) is 3. The van der Waals surface area contributed by atoms with E-state index < -0.39 is 0 Å². The third-order valence-electron chi connectivity index (χ3n) is 3.77. The van der Waals surface area contributed by atoms with Gasteiger partial charge in [-0.25, -0.2) is 0 Å². The maximum absolute atomic E-state index is 4.58. The molecule has 0 bridgehead atoms. The Kier molecular flexibility index (Phi) is 5.35. The smallest absolute Gasteiger partial charge is 0.0644 e. The van der Waals surface area contributed by atoms with Crippen molar-refractivity contribution in [3.05, 3.63) is 17.0 Å². The summed E-state index contributed by atoms with van der Waals surface area (Å²) in [5, 5.41) is 8.18. The molecule has 18 heavy (non-hydrogen) atoms. The van der Waals surface area contributed by atoms with Crippen LogP contribution in [0.15, 0.2) is 0 Å². The lowest BCUT2D eigenvalue weighted by molar-refractivity contribution is 0.295. The number of aryl methyl sites for hydroxylation is 2. The summed E-state index contributed by atoms with van der Waals surface area (Å²) in [4.78, 5) is 2.23. The van der Waals surface area contributed by atoms with E-state index in [9.17, 15) is 0 Å². The van der Waals surface area contributed by atoms with Crippen LogP contribution in [0.2, 0.25) is 0 Å². The van der Waals surface area contributed by atoms with Gasteiger partial charge in [0.15, 0.2) is 0 Å². The average molecular weight is 252 g/mol. The van der Waals surface area contributed by atoms with Gasteiger partial charge in [0.05, 0.1) is 5.69 Å². The zero-order valence-electron chi connectivity index (χ0n) is 12.9. The highest BCUT2D eigenvalue weighted by atomic mass is 15.3. The molecule has 104 valence electrons. The lowest BCUT2D eigenvalue weighted by Gasteiger charge is -2.23. The summed E-state index contributed by atoms with van der Waals surface area (Å²) in [6.07, 6.45) is 0. The van der Waals surface area contributed by atoms with Gasteiger partial charge in [-0.1, -0.05) is 0 Å². The van der Waals surface area contributed by atoms with E-state index in [-0.39, 0.29) is 0 Å². The van der Waals surface area contributed by atoms with Gasteiger partial charge in [0.25, 0.3) is 0 Å². The Labute approximate surface area is 111 Å². The van der Waals surface area contributed by atoms with E-state index in [1.165, 1.54) is 11.3 Å². The Morgan fingerprint density at radius 1 is 1.28 bits per heavy atom. The number of likely N-dealkylation sites (N-methyl/N-ethyl adjacent to an activating group) is 1. The lowest BCUT2D eigenvalue weighted by atomic mass is 10.1. The van der Waals surface area contributed by atoms with E-state index in [4.69, 9.17) is 0 Å². The van der Waals surface area contributed by atoms with Crippen molar-refractivity contribution in [1.82, 2.24) is 20.0 Å². The largest absolute Gasteiger partial charge is 0.309 e. The summed E-state index contributed by atoms with van der Waals surface area (Å²) in [5.41, 5.74) is 3.78. The fourth-order valence-corrected chi connectivity index (χ4v) is 2.28.